The second kappa shape index (κ2) is 3.62. The number of rotatable bonds is 1. The van der Waals surface area contributed by atoms with Crippen molar-refractivity contribution in [3.63, 3.8) is 0 Å². The third kappa shape index (κ3) is 1.89. The Labute approximate surface area is 77.3 Å². The lowest BCUT2D eigenvalue weighted by Gasteiger charge is -2.26. The molecule has 0 aromatic carbocycles. The summed E-state index contributed by atoms with van der Waals surface area (Å²) in [5, 5.41) is 1.81. The Morgan fingerprint density at radius 1 is 1.46 bits per heavy atom. The highest BCUT2D eigenvalue weighted by atomic mass is 16.7. The second-order valence-electron chi connectivity index (χ2n) is 3.09. The SMILES string of the molecule is Nc1ccnc(N2CCCCO2)c1. The Balaban J connectivity index is 2.14. The van der Waals surface area contributed by atoms with E-state index in [1.807, 2.05) is 6.07 Å². The molecule has 4 heteroatoms. The quantitative estimate of drug-likeness (QED) is 0.703. The van der Waals surface area contributed by atoms with Gasteiger partial charge in [-0.2, -0.15) is 0 Å². The first-order valence-electron chi connectivity index (χ1n) is 4.48. The summed E-state index contributed by atoms with van der Waals surface area (Å²) in [7, 11) is 0. The summed E-state index contributed by atoms with van der Waals surface area (Å²) >= 11 is 0. The van der Waals surface area contributed by atoms with Crippen LogP contribution in [0.15, 0.2) is 18.3 Å². The molecule has 0 spiro atoms. The summed E-state index contributed by atoms with van der Waals surface area (Å²) in [6.45, 7) is 1.67. The van der Waals surface area contributed by atoms with Gasteiger partial charge in [0.2, 0.25) is 0 Å². The molecule has 1 aromatic rings. The van der Waals surface area contributed by atoms with Crippen LogP contribution in [0.4, 0.5) is 11.5 Å². The van der Waals surface area contributed by atoms with Gasteiger partial charge in [0.25, 0.3) is 0 Å². The summed E-state index contributed by atoms with van der Waals surface area (Å²) < 4.78 is 0. The first-order valence-corrected chi connectivity index (χ1v) is 4.48. The van der Waals surface area contributed by atoms with Crippen molar-refractivity contribution in [3.05, 3.63) is 18.3 Å². The Kier molecular flexibility index (Phi) is 2.31. The molecule has 0 aliphatic carbocycles. The molecular weight excluding hydrogens is 166 g/mol. The third-order valence-corrected chi connectivity index (χ3v) is 2.03. The van der Waals surface area contributed by atoms with Gasteiger partial charge in [-0.25, -0.2) is 10.0 Å². The van der Waals surface area contributed by atoms with Crippen molar-refractivity contribution in [1.29, 1.82) is 0 Å². The molecule has 0 atom stereocenters. The van der Waals surface area contributed by atoms with Crippen LogP contribution < -0.4 is 10.8 Å². The van der Waals surface area contributed by atoms with E-state index >= 15 is 0 Å². The number of hydrogen-bond donors (Lipinski definition) is 1. The maximum Gasteiger partial charge on any atom is 0.154 e. The molecule has 13 heavy (non-hydrogen) atoms. The summed E-state index contributed by atoms with van der Waals surface area (Å²) in [6.07, 6.45) is 3.97. The molecule has 1 aliphatic rings. The van der Waals surface area contributed by atoms with Crippen molar-refractivity contribution in [2.24, 2.45) is 0 Å². The highest BCUT2D eigenvalue weighted by Gasteiger charge is 2.12. The van der Waals surface area contributed by atoms with Crippen LogP contribution in [-0.4, -0.2) is 18.1 Å². The lowest BCUT2D eigenvalue weighted by atomic mass is 10.3. The topological polar surface area (TPSA) is 51.4 Å². The van der Waals surface area contributed by atoms with Crippen molar-refractivity contribution in [2.75, 3.05) is 23.9 Å². The van der Waals surface area contributed by atoms with Gasteiger partial charge in [-0.1, -0.05) is 0 Å². The largest absolute Gasteiger partial charge is 0.399 e. The van der Waals surface area contributed by atoms with Crippen LogP contribution in [0.2, 0.25) is 0 Å². The van der Waals surface area contributed by atoms with Crippen LogP contribution >= 0.6 is 0 Å². The van der Waals surface area contributed by atoms with Gasteiger partial charge in [-0.15, -0.1) is 0 Å². The third-order valence-electron chi connectivity index (χ3n) is 2.03. The van der Waals surface area contributed by atoms with E-state index in [2.05, 4.69) is 4.98 Å². The summed E-state index contributed by atoms with van der Waals surface area (Å²) in [4.78, 5) is 9.62. The van der Waals surface area contributed by atoms with Gasteiger partial charge in [-0.3, -0.25) is 4.84 Å². The van der Waals surface area contributed by atoms with E-state index in [4.69, 9.17) is 10.6 Å². The molecule has 2 N–H and O–H groups in total. The van der Waals surface area contributed by atoms with Crippen LogP contribution in [0.5, 0.6) is 0 Å². The predicted molar refractivity (Wildman–Crippen MR) is 51.2 cm³/mol. The van der Waals surface area contributed by atoms with Gasteiger partial charge in [0.15, 0.2) is 5.82 Å². The Morgan fingerprint density at radius 2 is 2.38 bits per heavy atom. The summed E-state index contributed by atoms with van der Waals surface area (Å²) in [5.41, 5.74) is 6.36. The van der Waals surface area contributed by atoms with E-state index < -0.39 is 0 Å². The molecule has 70 valence electrons. The van der Waals surface area contributed by atoms with Gasteiger partial charge in [-0.05, 0) is 18.9 Å². The first-order chi connectivity index (χ1) is 6.36. The smallest absolute Gasteiger partial charge is 0.154 e. The first kappa shape index (κ1) is 8.31. The minimum Gasteiger partial charge on any atom is -0.399 e. The van der Waals surface area contributed by atoms with Gasteiger partial charge >= 0.3 is 0 Å². The van der Waals surface area contributed by atoms with Gasteiger partial charge in [0.1, 0.15) is 0 Å². The fourth-order valence-electron chi connectivity index (χ4n) is 1.35. The molecule has 1 fully saturated rings. The van der Waals surface area contributed by atoms with Crippen LogP contribution in [-0.2, 0) is 4.84 Å². The zero-order valence-corrected chi connectivity index (χ0v) is 7.44. The molecule has 0 saturated carbocycles. The Morgan fingerprint density at radius 3 is 3.08 bits per heavy atom. The fraction of sp³-hybridized carbons (Fsp3) is 0.444. The van der Waals surface area contributed by atoms with E-state index in [9.17, 15) is 0 Å². The minimum absolute atomic E-state index is 0.721. The molecule has 1 aromatic heterocycles. The van der Waals surface area contributed by atoms with Gasteiger partial charge in [0.05, 0.1) is 6.61 Å². The van der Waals surface area contributed by atoms with Gasteiger partial charge in [0, 0.05) is 24.5 Å². The second-order valence-corrected chi connectivity index (χ2v) is 3.09. The molecule has 0 bridgehead atoms. The maximum absolute atomic E-state index is 5.64. The monoisotopic (exact) mass is 179 g/mol. The van der Waals surface area contributed by atoms with Crippen molar-refractivity contribution >= 4 is 11.5 Å². The highest BCUT2D eigenvalue weighted by Crippen LogP contribution is 2.17. The number of hydrogen-bond acceptors (Lipinski definition) is 4. The van der Waals surface area contributed by atoms with Crippen molar-refractivity contribution in [1.82, 2.24) is 4.98 Å². The Hall–Kier alpha value is -1.29. The van der Waals surface area contributed by atoms with E-state index in [0.29, 0.717) is 0 Å². The molecule has 2 heterocycles. The molecule has 0 amide bonds. The normalized spacial score (nSPS) is 17.4. The number of nitrogens with two attached hydrogens (primary N) is 1. The van der Waals surface area contributed by atoms with Crippen LogP contribution in [0.25, 0.3) is 0 Å². The molecule has 2 rings (SSSR count). The van der Waals surface area contributed by atoms with Gasteiger partial charge < -0.3 is 5.73 Å². The minimum atomic E-state index is 0.721. The molecule has 0 radical (unpaired) electrons. The van der Waals surface area contributed by atoms with Crippen LogP contribution in [0, 0.1) is 0 Å². The average molecular weight is 179 g/mol. The fourth-order valence-corrected chi connectivity index (χ4v) is 1.35. The summed E-state index contributed by atoms with van der Waals surface area (Å²) in [5.74, 6) is 0.805. The number of hydroxylamine groups is 1. The van der Waals surface area contributed by atoms with Crippen molar-refractivity contribution in [2.45, 2.75) is 12.8 Å². The lowest BCUT2D eigenvalue weighted by molar-refractivity contribution is 0.0762. The molecule has 1 aliphatic heterocycles. The number of aromatic nitrogens is 1. The van der Waals surface area contributed by atoms with E-state index in [1.54, 1.807) is 17.3 Å². The molecule has 1 saturated heterocycles. The van der Waals surface area contributed by atoms with Crippen molar-refractivity contribution < 1.29 is 4.84 Å². The number of anilines is 2. The molecule has 0 unspecified atom stereocenters. The van der Waals surface area contributed by atoms with Crippen LogP contribution in [0.3, 0.4) is 0 Å². The summed E-state index contributed by atoms with van der Waals surface area (Å²) in [6, 6.07) is 3.60. The number of nitrogens with zero attached hydrogens (tertiary/aromatic N) is 2. The zero-order valence-electron chi connectivity index (χ0n) is 7.44. The van der Waals surface area contributed by atoms with Crippen LogP contribution in [0.1, 0.15) is 12.8 Å². The van der Waals surface area contributed by atoms with E-state index in [1.165, 1.54) is 0 Å². The molecule has 4 nitrogen and oxygen atoms in total. The lowest BCUT2D eigenvalue weighted by Crippen LogP contribution is -2.30. The number of nitrogen functional groups attached to an aromatic ring is 1. The van der Waals surface area contributed by atoms with Crippen molar-refractivity contribution in [3.8, 4) is 0 Å². The van der Waals surface area contributed by atoms with E-state index in [-0.39, 0.29) is 0 Å². The average Bonchev–Trinajstić information content (AvgIpc) is 2.19. The maximum atomic E-state index is 5.64. The standard InChI is InChI=1S/C9H13N3O/c10-8-3-4-11-9(7-8)12-5-1-2-6-13-12/h3-4,7H,1-2,5-6H2,(H2,10,11). The zero-order chi connectivity index (χ0) is 9.10. The molecular formula is C9H13N3O. The highest BCUT2D eigenvalue weighted by molar-refractivity contribution is 5.48. The predicted octanol–water partition coefficient (Wildman–Crippen LogP) is 1.20. The number of pyridine rings is 1. The Bertz CT molecular complexity index is 284. The van der Waals surface area contributed by atoms with E-state index in [0.717, 1.165) is 37.5 Å².